The SMILES string of the molecule is CCN(CC)Cc1ccc2c(c1)CCC(NC(=O)c1ccc(-c3ccc(F)cc3)cc1)C2. The van der Waals surface area contributed by atoms with Crippen molar-refractivity contribution in [2.75, 3.05) is 13.1 Å². The molecule has 0 saturated heterocycles. The molecule has 1 unspecified atom stereocenters. The van der Waals surface area contributed by atoms with Crippen LogP contribution >= 0.6 is 0 Å². The number of halogens is 1. The molecule has 1 N–H and O–H groups in total. The molecule has 0 heterocycles. The van der Waals surface area contributed by atoms with E-state index in [1.165, 1.54) is 28.8 Å². The zero-order chi connectivity index (χ0) is 22.5. The van der Waals surface area contributed by atoms with Crippen molar-refractivity contribution < 1.29 is 9.18 Å². The van der Waals surface area contributed by atoms with Crippen molar-refractivity contribution in [2.45, 2.75) is 45.7 Å². The number of hydrogen-bond donors (Lipinski definition) is 1. The molecule has 4 heteroatoms. The van der Waals surface area contributed by atoms with E-state index in [-0.39, 0.29) is 17.8 Å². The molecule has 1 aliphatic carbocycles. The normalized spacial score (nSPS) is 15.4. The van der Waals surface area contributed by atoms with E-state index < -0.39 is 0 Å². The first kappa shape index (κ1) is 22.2. The molecule has 32 heavy (non-hydrogen) atoms. The molecule has 0 aromatic heterocycles. The van der Waals surface area contributed by atoms with Crippen LogP contribution in [0.2, 0.25) is 0 Å². The summed E-state index contributed by atoms with van der Waals surface area (Å²) in [5, 5.41) is 3.21. The number of carbonyl (C=O) groups is 1. The van der Waals surface area contributed by atoms with Gasteiger partial charge in [0.15, 0.2) is 0 Å². The molecule has 0 spiro atoms. The minimum atomic E-state index is -0.251. The highest BCUT2D eigenvalue weighted by Gasteiger charge is 2.21. The second-order valence-electron chi connectivity index (χ2n) is 8.56. The van der Waals surface area contributed by atoms with Gasteiger partial charge in [-0.05, 0) is 84.4 Å². The molecular formula is C28H31FN2O. The fourth-order valence-corrected chi connectivity index (χ4v) is 4.46. The topological polar surface area (TPSA) is 32.3 Å². The van der Waals surface area contributed by atoms with Gasteiger partial charge in [0.25, 0.3) is 5.91 Å². The summed E-state index contributed by atoms with van der Waals surface area (Å²) < 4.78 is 13.1. The van der Waals surface area contributed by atoms with Crippen LogP contribution in [0.3, 0.4) is 0 Å². The van der Waals surface area contributed by atoms with Gasteiger partial charge in [-0.1, -0.05) is 56.3 Å². The smallest absolute Gasteiger partial charge is 0.251 e. The summed E-state index contributed by atoms with van der Waals surface area (Å²) in [7, 11) is 0. The number of aryl methyl sites for hydroxylation is 1. The molecule has 1 aliphatic rings. The van der Waals surface area contributed by atoms with Crippen LogP contribution in [-0.2, 0) is 19.4 Å². The fraction of sp³-hybridized carbons (Fsp3) is 0.321. The number of benzene rings is 3. The molecule has 1 amide bonds. The van der Waals surface area contributed by atoms with E-state index >= 15 is 0 Å². The maximum absolute atomic E-state index is 13.1. The molecule has 0 aliphatic heterocycles. The van der Waals surface area contributed by atoms with Crippen LogP contribution in [-0.4, -0.2) is 29.9 Å². The Morgan fingerprint density at radius 2 is 1.59 bits per heavy atom. The Labute approximate surface area is 190 Å². The monoisotopic (exact) mass is 430 g/mol. The van der Waals surface area contributed by atoms with Crippen LogP contribution in [0.15, 0.2) is 66.7 Å². The molecule has 4 rings (SSSR count). The van der Waals surface area contributed by atoms with Gasteiger partial charge >= 0.3 is 0 Å². The van der Waals surface area contributed by atoms with Crippen LogP contribution < -0.4 is 5.32 Å². The van der Waals surface area contributed by atoms with Crippen molar-refractivity contribution in [1.29, 1.82) is 0 Å². The van der Waals surface area contributed by atoms with Gasteiger partial charge in [-0.3, -0.25) is 9.69 Å². The number of amides is 1. The summed E-state index contributed by atoms with van der Waals surface area (Å²) in [5.74, 6) is -0.291. The number of nitrogens with zero attached hydrogens (tertiary/aromatic N) is 1. The number of carbonyl (C=O) groups excluding carboxylic acids is 1. The number of nitrogens with one attached hydrogen (secondary N) is 1. The van der Waals surface area contributed by atoms with Crippen LogP contribution in [0, 0.1) is 5.82 Å². The van der Waals surface area contributed by atoms with Crippen LogP contribution in [0.25, 0.3) is 11.1 Å². The predicted molar refractivity (Wildman–Crippen MR) is 128 cm³/mol. The van der Waals surface area contributed by atoms with E-state index in [1.54, 1.807) is 12.1 Å². The van der Waals surface area contributed by atoms with Crippen molar-refractivity contribution in [3.05, 3.63) is 94.8 Å². The molecule has 0 fully saturated rings. The highest BCUT2D eigenvalue weighted by Crippen LogP contribution is 2.24. The lowest BCUT2D eigenvalue weighted by Gasteiger charge is -2.27. The molecule has 0 radical (unpaired) electrons. The minimum Gasteiger partial charge on any atom is -0.349 e. The third-order valence-corrected chi connectivity index (χ3v) is 6.46. The van der Waals surface area contributed by atoms with Crippen LogP contribution in [0.5, 0.6) is 0 Å². The Morgan fingerprint density at radius 1 is 0.938 bits per heavy atom. The molecule has 166 valence electrons. The Hall–Kier alpha value is -2.98. The lowest BCUT2D eigenvalue weighted by Crippen LogP contribution is -2.38. The standard InChI is InChI=1S/C28H31FN2O/c1-3-31(4-2)19-20-5-6-25-18-27(16-13-24(25)17-20)30-28(32)23-9-7-21(8-10-23)22-11-14-26(29)15-12-22/h5-12,14-15,17,27H,3-4,13,16,18-19H2,1-2H3,(H,30,32). The minimum absolute atomic E-state index is 0.0396. The maximum atomic E-state index is 13.1. The highest BCUT2D eigenvalue weighted by atomic mass is 19.1. The second-order valence-corrected chi connectivity index (χ2v) is 8.56. The van der Waals surface area contributed by atoms with Crippen LogP contribution in [0.4, 0.5) is 4.39 Å². The average Bonchev–Trinajstić information content (AvgIpc) is 2.83. The Morgan fingerprint density at radius 3 is 2.25 bits per heavy atom. The summed E-state index contributed by atoms with van der Waals surface area (Å²) in [6, 6.07) is 20.9. The molecule has 0 bridgehead atoms. The summed E-state index contributed by atoms with van der Waals surface area (Å²) in [5.41, 5.74) is 6.68. The largest absolute Gasteiger partial charge is 0.349 e. The van der Waals surface area contributed by atoms with E-state index in [0.717, 1.165) is 50.0 Å². The number of rotatable bonds is 7. The van der Waals surface area contributed by atoms with E-state index in [1.807, 2.05) is 24.3 Å². The van der Waals surface area contributed by atoms with Gasteiger partial charge in [-0.2, -0.15) is 0 Å². The van der Waals surface area contributed by atoms with Gasteiger partial charge in [-0.15, -0.1) is 0 Å². The van der Waals surface area contributed by atoms with Crippen molar-refractivity contribution in [3.8, 4) is 11.1 Å². The summed E-state index contributed by atoms with van der Waals surface area (Å²) in [6.07, 6.45) is 2.83. The van der Waals surface area contributed by atoms with Crippen molar-refractivity contribution in [1.82, 2.24) is 10.2 Å². The van der Waals surface area contributed by atoms with Gasteiger partial charge in [-0.25, -0.2) is 4.39 Å². The first-order valence-corrected chi connectivity index (χ1v) is 11.6. The first-order chi connectivity index (χ1) is 15.6. The van der Waals surface area contributed by atoms with Crippen molar-refractivity contribution in [2.24, 2.45) is 0 Å². The van der Waals surface area contributed by atoms with Crippen molar-refractivity contribution in [3.63, 3.8) is 0 Å². The predicted octanol–water partition coefficient (Wildman–Crippen LogP) is 5.62. The van der Waals surface area contributed by atoms with Gasteiger partial charge in [0.1, 0.15) is 5.82 Å². The Kier molecular flexibility index (Phi) is 7.01. The summed E-state index contributed by atoms with van der Waals surface area (Å²) in [4.78, 5) is 15.2. The second kappa shape index (κ2) is 10.1. The van der Waals surface area contributed by atoms with Gasteiger partial charge in [0, 0.05) is 18.2 Å². The quantitative estimate of drug-likeness (QED) is 0.527. The maximum Gasteiger partial charge on any atom is 0.251 e. The number of hydrogen-bond acceptors (Lipinski definition) is 2. The molecule has 3 nitrogen and oxygen atoms in total. The molecule has 1 atom stereocenters. The van der Waals surface area contributed by atoms with E-state index in [0.29, 0.717) is 5.56 Å². The average molecular weight is 431 g/mol. The van der Waals surface area contributed by atoms with Gasteiger partial charge < -0.3 is 5.32 Å². The highest BCUT2D eigenvalue weighted by molar-refractivity contribution is 5.94. The third-order valence-electron chi connectivity index (χ3n) is 6.46. The molecule has 3 aromatic rings. The van der Waals surface area contributed by atoms with Gasteiger partial charge in [0.2, 0.25) is 0 Å². The number of fused-ring (bicyclic) bond motifs is 1. The molecule has 3 aromatic carbocycles. The third kappa shape index (κ3) is 5.25. The first-order valence-electron chi connectivity index (χ1n) is 11.6. The van der Waals surface area contributed by atoms with E-state index in [9.17, 15) is 9.18 Å². The molecular weight excluding hydrogens is 399 g/mol. The lowest BCUT2D eigenvalue weighted by molar-refractivity contribution is 0.0933. The summed E-state index contributed by atoms with van der Waals surface area (Å²) in [6.45, 7) is 7.52. The summed E-state index contributed by atoms with van der Waals surface area (Å²) >= 11 is 0. The Bertz CT molecular complexity index is 1060. The van der Waals surface area contributed by atoms with E-state index in [4.69, 9.17) is 0 Å². The molecule has 0 saturated carbocycles. The lowest BCUT2D eigenvalue weighted by atomic mass is 9.87. The van der Waals surface area contributed by atoms with Gasteiger partial charge in [0.05, 0.1) is 0 Å². The zero-order valence-corrected chi connectivity index (χ0v) is 18.9. The zero-order valence-electron chi connectivity index (χ0n) is 18.9. The van der Waals surface area contributed by atoms with Crippen molar-refractivity contribution >= 4 is 5.91 Å². The van der Waals surface area contributed by atoms with E-state index in [2.05, 4.69) is 42.3 Å². The Balaban J connectivity index is 1.37. The van der Waals surface area contributed by atoms with Crippen LogP contribution in [0.1, 0.15) is 47.3 Å². The fourth-order valence-electron chi connectivity index (χ4n) is 4.46.